The Balaban J connectivity index is 1.98. The molecule has 0 saturated carbocycles. The van der Waals surface area contributed by atoms with E-state index in [0.717, 1.165) is 16.5 Å². The lowest BCUT2D eigenvalue weighted by Gasteiger charge is -2.08. The molecule has 0 atom stereocenters. The van der Waals surface area contributed by atoms with Gasteiger partial charge in [-0.2, -0.15) is 5.26 Å². The second-order valence-electron chi connectivity index (χ2n) is 6.34. The number of nitrogens with zero attached hydrogens (tertiary/aromatic N) is 2. The van der Waals surface area contributed by atoms with E-state index >= 15 is 0 Å². The fourth-order valence-corrected chi connectivity index (χ4v) is 3.14. The van der Waals surface area contributed by atoms with Gasteiger partial charge in [0.2, 0.25) is 0 Å². The number of carbonyl (C=O) groups is 2. The summed E-state index contributed by atoms with van der Waals surface area (Å²) >= 11 is 6.09. The van der Waals surface area contributed by atoms with Gasteiger partial charge in [-0.05, 0) is 36.8 Å². The molecule has 2 aromatic carbocycles. The van der Waals surface area contributed by atoms with Gasteiger partial charge in [-0.25, -0.2) is 0 Å². The fourth-order valence-electron chi connectivity index (χ4n) is 2.96. The van der Waals surface area contributed by atoms with Gasteiger partial charge in [0.05, 0.1) is 7.11 Å². The summed E-state index contributed by atoms with van der Waals surface area (Å²) in [6, 6.07) is 14.5. The molecule has 0 unspecified atom stereocenters. The Kier molecular flexibility index (Phi) is 6.01. The van der Waals surface area contributed by atoms with E-state index in [1.54, 1.807) is 35.9 Å². The van der Waals surface area contributed by atoms with Gasteiger partial charge < -0.3 is 14.6 Å². The van der Waals surface area contributed by atoms with Crippen molar-refractivity contribution in [2.45, 2.75) is 13.5 Å². The minimum atomic E-state index is -0.539. The van der Waals surface area contributed by atoms with Crippen molar-refractivity contribution in [1.82, 2.24) is 4.57 Å². The molecule has 0 saturated heterocycles. The molecule has 1 amide bonds. The Hall–Kier alpha value is -3.56. The zero-order valence-corrected chi connectivity index (χ0v) is 16.7. The number of ether oxygens (including phenoxy) is 1. The van der Waals surface area contributed by atoms with Gasteiger partial charge in [0.1, 0.15) is 18.2 Å². The summed E-state index contributed by atoms with van der Waals surface area (Å²) in [5.74, 6) is -0.932. The predicted molar refractivity (Wildman–Crippen MR) is 112 cm³/mol. The lowest BCUT2D eigenvalue weighted by atomic mass is 10.1. The molecule has 1 N–H and O–H groups in total. The second-order valence-corrected chi connectivity index (χ2v) is 6.75. The van der Waals surface area contributed by atoms with Gasteiger partial charge in [-0.1, -0.05) is 35.9 Å². The highest BCUT2D eigenvalue weighted by Gasteiger charge is 2.15. The molecule has 0 aliphatic rings. The van der Waals surface area contributed by atoms with Crippen molar-refractivity contribution in [3.8, 4) is 6.07 Å². The third kappa shape index (κ3) is 4.31. The van der Waals surface area contributed by atoms with Gasteiger partial charge in [-0.15, -0.1) is 0 Å². The molecular weight excluding hydrogens is 390 g/mol. The van der Waals surface area contributed by atoms with Gasteiger partial charge in [-0.3, -0.25) is 9.59 Å². The number of amides is 1. The van der Waals surface area contributed by atoms with Crippen LogP contribution in [0.2, 0.25) is 5.02 Å². The van der Waals surface area contributed by atoms with Crippen LogP contribution >= 0.6 is 11.6 Å². The van der Waals surface area contributed by atoms with Crippen molar-refractivity contribution < 1.29 is 14.3 Å². The van der Waals surface area contributed by atoms with Crippen LogP contribution in [0.25, 0.3) is 17.0 Å². The van der Waals surface area contributed by atoms with Crippen molar-refractivity contribution in [2.24, 2.45) is 0 Å². The summed E-state index contributed by atoms with van der Waals surface area (Å²) in [6.45, 7) is 1.81. The van der Waals surface area contributed by atoms with Crippen LogP contribution in [0.4, 0.5) is 5.69 Å². The predicted octanol–water partition coefficient (Wildman–Crippen LogP) is 4.32. The Bertz CT molecular complexity index is 1170. The van der Waals surface area contributed by atoms with E-state index in [2.05, 4.69) is 5.32 Å². The van der Waals surface area contributed by atoms with Crippen LogP contribution in [0.1, 0.15) is 11.1 Å². The summed E-state index contributed by atoms with van der Waals surface area (Å²) in [5, 5.41) is 13.6. The minimum Gasteiger partial charge on any atom is -0.468 e. The third-order valence-electron chi connectivity index (χ3n) is 4.53. The lowest BCUT2D eigenvalue weighted by Crippen LogP contribution is -2.14. The smallest absolute Gasteiger partial charge is 0.325 e. The van der Waals surface area contributed by atoms with Crippen LogP contribution in [-0.2, 0) is 20.9 Å². The average molecular weight is 408 g/mol. The van der Waals surface area contributed by atoms with Crippen molar-refractivity contribution >= 4 is 46.1 Å². The number of benzene rings is 2. The van der Waals surface area contributed by atoms with Gasteiger partial charge >= 0.3 is 5.97 Å². The first-order valence-corrected chi connectivity index (χ1v) is 9.15. The fraction of sp³-hybridized carbons (Fsp3) is 0.136. The van der Waals surface area contributed by atoms with Crippen LogP contribution in [0.5, 0.6) is 0 Å². The summed E-state index contributed by atoms with van der Waals surface area (Å²) in [7, 11) is 1.32. The molecule has 0 aliphatic heterocycles. The Morgan fingerprint density at radius 1 is 1.24 bits per heavy atom. The number of halogens is 1. The first-order valence-electron chi connectivity index (χ1n) is 8.77. The number of nitriles is 1. The van der Waals surface area contributed by atoms with Crippen LogP contribution in [0.15, 0.2) is 54.2 Å². The number of esters is 1. The number of anilines is 1. The summed E-state index contributed by atoms with van der Waals surface area (Å²) in [4.78, 5) is 24.4. The molecule has 1 heterocycles. The molecule has 0 aliphatic carbocycles. The maximum absolute atomic E-state index is 12.7. The van der Waals surface area contributed by atoms with E-state index in [0.29, 0.717) is 16.3 Å². The number of rotatable bonds is 5. The number of aromatic nitrogens is 1. The molecule has 0 bridgehead atoms. The molecule has 0 fully saturated rings. The van der Waals surface area contributed by atoms with Gasteiger partial charge in [0.15, 0.2) is 0 Å². The minimum absolute atomic E-state index is 0.0284. The molecule has 7 heteroatoms. The van der Waals surface area contributed by atoms with Gasteiger partial charge in [0.25, 0.3) is 5.91 Å². The normalized spacial score (nSPS) is 11.2. The molecule has 29 heavy (non-hydrogen) atoms. The Labute approximate surface area is 173 Å². The summed E-state index contributed by atoms with van der Waals surface area (Å²) < 4.78 is 6.46. The zero-order valence-electron chi connectivity index (χ0n) is 15.9. The van der Waals surface area contributed by atoms with E-state index in [1.807, 2.05) is 30.3 Å². The van der Waals surface area contributed by atoms with E-state index in [9.17, 15) is 14.9 Å². The highest BCUT2D eigenvalue weighted by molar-refractivity contribution is 6.31. The first kappa shape index (κ1) is 20.2. The Morgan fingerprint density at radius 3 is 2.72 bits per heavy atom. The van der Waals surface area contributed by atoms with Crippen molar-refractivity contribution in [2.75, 3.05) is 12.4 Å². The largest absolute Gasteiger partial charge is 0.468 e. The quantitative estimate of drug-likeness (QED) is 0.387. The first-order chi connectivity index (χ1) is 13.9. The van der Waals surface area contributed by atoms with E-state index < -0.39 is 11.9 Å². The van der Waals surface area contributed by atoms with E-state index in [1.165, 1.54) is 13.2 Å². The standard InChI is InChI=1S/C22H18ClN3O3/c1-14-18(23)7-5-8-19(14)25-22(28)15(11-24)10-16-12-26(13-21(27)29-2)20-9-4-3-6-17(16)20/h3-10,12H,13H2,1-2H3,(H,25,28)/b15-10-. The van der Waals surface area contributed by atoms with E-state index in [4.69, 9.17) is 16.3 Å². The topological polar surface area (TPSA) is 84.1 Å². The molecular formula is C22H18ClN3O3. The van der Waals surface area contributed by atoms with Crippen LogP contribution < -0.4 is 5.32 Å². The van der Waals surface area contributed by atoms with E-state index in [-0.39, 0.29) is 12.1 Å². The number of nitrogens with one attached hydrogen (secondary N) is 1. The molecule has 0 radical (unpaired) electrons. The zero-order chi connectivity index (χ0) is 21.0. The number of fused-ring (bicyclic) bond motifs is 1. The molecule has 0 spiro atoms. The second kappa shape index (κ2) is 8.63. The monoisotopic (exact) mass is 407 g/mol. The number of carbonyl (C=O) groups excluding carboxylic acids is 2. The van der Waals surface area contributed by atoms with Crippen LogP contribution in [0, 0.1) is 18.3 Å². The highest BCUT2D eigenvalue weighted by Crippen LogP contribution is 2.26. The van der Waals surface area contributed by atoms with Gasteiger partial charge in [0, 0.05) is 33.4 Å². The summed E-state index contributed by atoms with van der Waals surface area (Å²) in [6.07, 6.45) is 3.22. The number of para-hydroxylation sites is 1. The van der Waals surface area contributed by atoms with Crippen molar-refractivity contribution in [1.29, 1.82) is 5.26 Å². The van der Waals surface area contributed by atoms with Crippen LogP contribution in [-0.4, -0.2) is 23.6 Å². The average Bonchev–Trinajstić information content (AvgIpc) is 3.06. The number of hydrogen-bond acceptors (Lipinski definition) is 4. The number of hydrogen-bond donors (Lipinski definition) is 1. The van der Waals surface area contributed by atoms with Crippen molar-refractivity contribution in [3.63, 3.8) is 0 Å². The Morgan fingerprint density at radius 2 is 2.00 bits per heavy atom. The van der Waals surface area contributed by atoms with Crippen molar-refractivity contribution in [3.05, 3.63) is 70.4 Å². The SMILES string of the molecule is COC(=O)Cn1cc(/C=C(/C#N)C(=O)Nc2cccc(Cl)c2C)c2ccccc21. The van der Waals surface area contributed by atoms with Crippen LogP contribution in [0.3, 0.4) is 0 Å². The molecule has 1 aromatic heterocycles. The molecule has 146 valence electrons. The highest BCUT2D eigenvalue weighted by atomic mass is 35.5. The third-order valence-corrected chi connectivity index (χ3v) is 4.94. The lowest BCUT2D eigenvalue weighted by molar-refractivity contribution is -0.141. The summed E-state index contributed by atoms with van der Waals surface area (Å²) in [5.41, 5.74) is 2.64. The molecule has 3 rings (SSSR count). The maximum Gasteiger partial charge on any atom is 0.325 e. The number of methoxy groups -OCH3 is 1. The molecule has 6 nitrogen and oxygen atoms in total. The maximum atomic E-state index is 12.7. The molecule has 3 aromatic rings.